The maximum Gasteiger partial charge on any atom is 0.240 e. The third-order valence-corrected chi connectivity index (χ3v) is 6.36. The fourth-order valence-corrected chi connectivity index (χ4v) is 4.02. The molecule has 0 spiro atoms. The summed E-state index contributed by atoms with van der Waals surface area (Å²) in [7, 11) is -3.64. The molecule has 0 aliphatic heterocycles. The highest BCUT2D eigenvalue weighted by atomic mass is 35.5. The van der Waals surface area contributed by atoms with Crippen molar-refractivity contribution in [1.29, 1.82) is 0 Å². The van der Waals surface area contributed by atoms with Gasteiger partial charge in [-0.25, -0.2) is 13.1 Å². The van der Waals surface area contributed by atoms with Crippen molar-refractivity contribution >= 4 is 27.5 Å². The van der Waals surface area contributed by atoms with Gasteiger partial charge in [-0.2, -0.15) is 0 Å². The van der Waals surface area contributed by atoms with Crippen LogP contribution in [0.2, 0.25) is 5.02 Å². The lowest BCUT2D eigenvalue weighted by molar-refractivity contribution is -0.121. The summed E-state index contributed by atoms with van der Waals surface area (Å²) in [5.74, 6) is -0.161. The number of halogens is 1. The Hall–Kier alpha value is -1.89. The fourth-order valence-electron chi connectivity index (χ4n) is 2.86. The molecule has 1 fully saturated rings. The molecule has 0 radical (unpaired) electrons. The third-order valence-electron chi connectivity index (χ3n) is 4.63. The van der Waals surface area contributed by atoms with Crippen LogP contribution < -0.4 is 10.0 Å². The number of sulfonamides is 1. The summed E-state index contributed by atoms with van der Waals surface area (Å²) >= 11 is 5.76. The molecule has 0 unspecified atom stereocenters. The quantitative estimate of drug-likeness (QED) is 0.725. The zero-order chi connectivity index (χ0) is 18.6. The van der Waals surface area contributed by atoms with Gasteiger partial charge in [0.25, 0.3) is 0 Å². The molecule has 0 atom stereocenters. The Morgan fingerprint density at radius 1 is 1.04 bits per heavy atom. The van der Waals surface area contributed by atoms with Crippen LogP contribution in [0, 0.1) is 0 Å². The van der Waals surface area contributed by atoms with E-state index in [0.29, 0.717) is 11.6 Å². The van der Waals surface area contributed by atoms with Crippen molar-refractivity contribution in [1.82, 2.24) is 10.0 Å². The zero-order valence-corrected chi connectivity index (χ0v) is 15.8. The maximum atomic E-state index is 12.2. The van der Waals surface area contributed by atoms with Crippen LogP contribution in [-0.4, -0.2) is 27.4 Å². The molecular weight excluding hydrogens is 372 g/mol. The number of hydrogen-bond acceptors (Lipinski definition) is 3. The van der Waals surface area contributed by atoms with E-state index in [0.717, 1.165) is 12.8 Å². The molecule has 5 nitrogen and oxygen atoms in total. The number of amides is 1. The molecule has 7 heteroatoms. The van der Waals surface area contributed by atoms with Gasteiger partial charge in [0.2, 0.25) is 15.9 Å². The molecule has 0 aromatic heterocycles. The molecule has 1 aliphatic carbocycles. The number of carbonyl (C=O) groups is 1. The van der Waals surface area contributed by atoms with Crippen molar-refractivity contribution in [2.75, 3.05) is 13.1 Å². The van der Waals surface area contributed by atoms with Crippen molar-refractivity contribution in [2.24, 2.45) is 0 Å². The average molecular weight is 393 g/mol. The lowest BCUT2D eigenvalue weighted by Gasteiger charge is -2.16. The van der Waals surface area contributed by atoms with Gasteiger partial charge in [0, 0.05) is 29.9 Å². The highest BCUT2D eigenvalue weighted by Crippen LogP contribution is 2.47. The smallest absolute Gasteiger partial charge is 0.240 e. The van der Waals surface area contributed by atoms with E-state index in [4.69, 9.17) is 11.6 Å². The fraction of sp³-hybridized carbons (Fsp3) is 0.316. The first-order valence-corrected chi connectivity index (χ1v) is 10.3. The highest BCUT2D eigenvalue weighted by Gasteiger charge is 2.44. The largest absolute Gasteiger partial charge is 0.355 e. The number of rotatable bonds is 8. The molecule has 138 valence electrons. The minimum absolute atomic E-state index is 0.0414. The van der Waals surface area contributed by atoms with E-state index in [9.17, 15) is 13.2 Å². The Bertz CT molecular complexity index is 863. The van der Waals surface area contributed by atoms with E-state index in [-0.39, 0.29) is 29.2 Å². The monoisotopic (exact) mass is 392 g/mol. The van der Waals surface area contributed by atoms with E-state index < -0.39 is 10.0 Å². The van der Waals surface area contributed by atoms with Gasteiger partial charge in [-0.05, 0) is 42.7 Å². The van der Waals surface area contributed by atoms with Gasteiger partial charge in [0.15, 0.2) is 0 Å². The van der Waals surface area contributed by atoms with E-state index in [1.165, 1.54) is 29.8 Å². The first-order valence-electron chi connectivity index (χ1n) is 8.49. The Kier molecular flexibility index (Phi) is 5.65. The molecule has 1 amide bonds. The van der Waals surface area contributed by atoms with Crippen LogP contribution in [0.1, 0.15) is 24.8 Å². The Balaban J connectivity index is 1.45. The zero-order valence-electron chi connectivity index (χ0n) is 14.2. The van der Waals surface area contributed by atoms with Gasteiger partial charge in [-0.15, -0.1) is 0 Å². The van der Waals surface area contributed by atoms with Crippen molar-refractivity contribution < 1.29 is 13.2 Å². The SMILES string of the molecule is O=C(CCNS(=O)(=O)c1ccc(Cl)cc1)NCC1(c2ccccc2)CC1. The van der Waals surface area contributed by atoms with Gasteiger partial charge < -0.3 is 5.32 Å². The summed E-state index contributed by atoms with van der Waals surface area (Å²) in [5.41, 5.74) is 1.28. The van der Waals surface area contributed by atoms with Gasteiger partial charge in [0.05, 0.1) is 4.90 Å². The topological polar surface area (TPSA) is 75.3 Å². The van der Waals surface area contributed by atoms with Gasteiger partial charge in [0.1, 0.15) is 0 Å². The lowest BCUT2D eigenvalue weighted by Crippen LogP contribution is -2.35. The minimum Gasteiger partial charge on any atom is -0.355 e. The molecule has 2 aromatic carbocycles. The van der Waals surface area contributed by atoms with Crippen LogP contribution in [0.5, 0.6) is 0 Å². The first kappa shape index (κ1) is 18.9. The number of hydrogen-bond donors (Lipinski definition) is 2. The predicted molar refractivity (Wildman–Crippen MR) is 102 cm³/mol. The molecule has 1 aliphatic rings. The summed E-state index contributed by atoms with van der Waals surface area (Å²) < 4.78 is 26.7. The van der Waals surface area contributed by atoms with E-state index >= 15 is 0 Å². The second-order valence-corrected chi connectivity index (χ2v) is 8.73. The molecule has 3 rings (SSSR count). The normalized spacial score (nSPS) is 15.4. The van der Waals surface area contributed by atoms with Crippen LogP contribution in [0.15, 0.2) is 59.5 Å². The van der Waals surface area contributed by atoms with Crippen molar-refractivity contribution in [3.05, 3.63) is 65.2 Å². The molecule has 0 heterocycles. The number of nitrogens with one attached hydrogen (secondary N) is 2. The minimum atomic E-state index is -3.64. The summed E-state index contributed by atoms with van der Waals surface area (Å²) in [4.78, 5) is 12.2. The highest BCUT2D eigenvalue weighted by molar-refractivity contribution is 7.89. The number of carbonyl (C=O) groups excluding carboxylic acids is 1. The van der Waals surface area contributed by atoms with Crippen LogP contribution in [0.25, 0.3) is 0 Å². The van der Waals surface area contributed by atoms with Gasteiger partial charge >= 0.3 is 0 Å². The molecule has 0 saturated heterocycles. The van der Waals surface area contributed by atoms with E-state index in [2.05, 4.69) is 22.2 Å². The molecular formula is C19H21ClN2O3S. The Labute approximate surface area is 158 Å². The first-order chi connectivity index (χ1) is 12.4. The lowest BCUT2D eigenvalue weighted by atomic mass is 9.96. The Morgan fingerprint density at radius 2 is 1.69 bits per heavy atom. The van der Waals surface area contributed by atoms with Gasteiger partial charge in [-0.1, -0.05) is 41.9 Å². The third kappa shape index (κ3) is 4.63. The number of benzene rings is 2. The molecule has 1 saturated carbocycles. The van der Waals surface area contributed by atoms with Crippen LogP contribution >= 0.6 is 11.6 Å². The van der Waals surface area contributed by atoms with Crippen LogP contribution in [0.3, 0.4) is 0 Å². The molecule has 0 bridgehead atoms. The summed E-state index contributed by atoms with van der Waals surface area (Å²) in [5, 5.41) is 3.39. The molecule has 26 heavy (non-hydrogen) atoms. The second-order valence-electron chi connectivity index (χ2n) is 6.52. The standard InChI is InChI=1S/C19H21ClN2O3S/c20-16-6-8-17(9-7-16)26(24,25)22-13-10-18(23)21-14-19(11-12-19)15-4-2-1-3-5-15/h1-9,22H,10-14H2,(H,21,23). The summed E-state index contributed by atoms with van der Waals surface area (Å²) in [6, 6.07) is 16.0. The summed E-state index contributed by atoms with van der Waals surface area (Å²) in [6.07, 6.45) is 2.21. The van der Waals surface area contributed by atoms with E-state index in [1.54, 1.807) is 0 Å². The second kappa shape index (κ2) is 7.78. The molecule has 2 N–H and O–H groups in total. The van der Waals surface area contributed by atoms with Crippen molar-refractivity contribution in [2.45, 2.75) is 29.6 Å². The maximum absolute atomic E-state index is 12.2. The summed E-state index contributed by atoms with van der Waals surface area (Å²) in [6.45, 7) is 0.634. The Morgan fingerprint density at radius 3 is 2.31 bits per heavy atom. The van der Waals surface area contributed by atoms with Crippen molar-refractivity contribution in [3.63, 3.8) is 0 Å². The van der Waals surface area contributed by atoms with Gasteiger partial charge in [-0.3, -0.25) is 4.79 Å². The van der Waals surface area contributed by atoms with Crippen LogP contribution in [-0.2, 0) is 20.2 Å². The van der Waals surface area contributed by atoms with Crippen LogP contribution in [0.4, 0.5) is 0 Å². The average Bonchev–Trinajstić information content (AvgIpc) is 3.42. The van der Waals surface area contributed by atoms with E-state index in [1.807, 2.05) is 18.2 Å². The van der Waals surface area contributed by atoms with Crippen molar-refractivity contribution in [3.8, 4) is 0 Å². The molecule has 2 aromatic rings. The predicted octanol–water partition coefficient (Wildman–Crippen LogP) is 2.86.